The van der Waals surface area contributed by atoms with Crippen LogP contribution in [0, 0.1) is 0 Å². The second kappa shape index (κ2) is 5.22. The molecule has 2 rings (SSSR count). The molecule has 0 saturated carbocycles. The van der Waals surface area contributed by atoms with Crippen molar-refractivity contribution in [3.63, 3.8) is 0 Å². The predicted molar refractivity (Wildman–Crippen MR) is 67.7 cm³/mol. The highest BCUT2D eigenvalue weighted by Gasteiger charge is 2.26. The van der Waals surface area contributed by atoms with Gasteiger partial charge in [-0.05, 0) is 24.6 Å². The van der Waals surface area contributed by atoms with E-state index in [9.17, 15) is 14.7 Å². The van der Waals surface area contributed by atoms with E-state index in [-0.39, 0.29) is 11.5 Å². The molecule has 1 amide bonds. The zero-order chi connectivity index (χ0) is 13.1. The van der Waals surface area contributed by atoms with Gasteiger partial charge in [0.1, 0.15) is 0 Å². The van der Waals surface area contributed by atoms with Gasteiger partial charge in [0, 0.05) is 6.54 Å². The van der Waals surface area contributed by atoms with Crippen molar-refractivity contribution < 1.29 is 14.7 Å². The van der Waals surface area contributed by atoms with Gasteiger partial charge in [0.25, 0.3) is 0 Å². The molecule has 1 fully saturated rings. The molecule has 0 unspecified atom stereocenters. The van der Waals surface area contributed by atoms with Gasteiger partial charge in [-0.15, -0.1) is 0 Å². The van der Waals surface area contributed by atoms with E-state index in [1.807, 2.05) is 6.92 Å². The maximum Gasteiger partial charge on any atom is 0.239 e. The van der Waals surface area contributed by atoms with E-state index in [0.29, 0.717) is 23.2 Å². The van der Waals surface area contributed by atoms with Crippen molar-refractivity contribution in [2.75, 3.05) is 12.3 Å². The fourth-order valence-corrected chi connectivity index (χ4v) is 2.54. The summed E-state index contributed by atoms with van der Waals surface area (Å²) >= 11 is 1.39. The molecule has 1 aliphatic rings. The summed E-state index contributed by atoms with van der Waals surface area (Å²) in [6, 6.07) is 6.06. The number of amides is 1. The first-order valence-corrected chi connectivity index (χ1v) is 6.43. The first-order chi connectivity index (χ1) is 8.61. The highest BCUT2D eigenvalue weighted by Crippen LogP contribution is 2.23. The van der Waals surface area contributed by atoms with E-state index >= 15 is 0 Å². The summed E-state index contributed by atoms with van der Waals surface area (Å²) in [6.07, 6.45) is 0. The number of aliphatic imine (C=N–C) groups is 1. The van der Waals surface area contributed by atoms with E-state index in [4.69, 9.17) is 0 Å². The Bertz CT molecular complexity index is 511. The Morgan fingerprint density at radius 1 is 1.44 bits per heavy atom. The number of benzene rings is 1. The first-order valence-electron chi connectivity index (χ1n) is 5.45. The zero-order valence-electron chi connectivity index (χ0n) is 9.75. The molecule has 1 aliphatic heterocycles. The quantitative estimate of drug-likeness (QED) is 0.802. The molecule has 6 heteroatoms. The molecule has 1 heterocycles. The Morgan fingerprint density at radius 3 is 2.67 bits per heavy atom. The first kappa shape index (κ1) is 12.6. The van der Waals surface area contributed by atoms with Crippen molar-refractivity contribution in [1.82, 2.24) is 4.90 Å². The molecule has 0 aliphatic carbocycles. The smallest absolute Gasteiger partial charge is 0.239 e. The minimum absolute atomic E-state index is 0.0487. The summed E-state index contributed by atoms with van der Waals surface area (Å²) in [6.45, 7) is 2.47. The molecule has 0 radical (unpaired) electrons. The lowest BCUT2D eigenvalue weighted by Crippen LogP contribution is -2.28. The van der Waals surface area contributed by atoms with Crippen LogP contribution in [0.3, 0.4) is 0 Å². The third kappa shape index (κ3) is 2.53. The lowest BCUT2D eigenvalue weighted by molar-refractivity contribution is -0.255. The van der Waals surface area contributed by atoms with Crippen LogP contribution in [0.2, 0.25) is 0 Å². The third-order valence-corrected chi connectivity index (χ3v) is 3.46. The van der Waals surface area contributed by atoms with Gasteiger partial charge >= 0.3 is 0 Å². The predicted octanol–water partition coefficient (Wildman–Crippen LogP) is 0.633. The topological polar surface area (TPSA) is 72.8 Å². The van der Waals surface area contributed by atoms with Gasteiger partial charge in [-0.25, -0.2) is 4.99 Å². The normalized spacial score (nSPS) is 17.5. The Hall–Kier alpha value is -1.82. The zero-order valence-corrected chi connectivity index (χ0v) is 10.6. The summed E-state index contributed by atoms with van der Waals surface area (Å²) in [4.78, 5) is 28.0. The molecule has 0 N–H and O–H groups in total. The van der Waals surface area contributed by atoms with Crippen LogP contribution in [0.1, 0.15) is 17.3 Å². The van der Waals surface area contributed by atoms with Crippen LogP contribution in [-0.4, -0.2) is 34.2 Å². The number of hydrogen-bond donors (Lipinski definition) is 0. The number of aromatic carboxylic acids is 1. The minimum atomic E-state index is -1.21. The van der Waals surface area contributed by atoms with Gasteiger partial charge in [0.05, 0.1) is 17.4 Å². The van der Waals surface area contributed by atoms with Crippen molar-refractivity contribution >= 4 is 34.5 Å². The number of amidine groups is 1. The molecule has 1 saturated heterocycles. The average Bonchev–Trinajstić information content (AvgIpc) is 2.70. The van der Waals surface area contributed by atoms with E-state index in [1.165, 1.54) is 23.9 Å². The van der Waals surface area contributed by atoms with Gasteiger partial charge < -0.3 is 9.90 Å². The van der Waals surface area contributed by atoms with Crippen LogP contribution in [0.25, 0.3) is 0 Å². The van der Waals surface area contributed by atoms with Crippen molar-refractivity contribution in [2.24, 2.45) is 4.99 Å². The summed E-state index contributed by atoms with van der Waals surface area (Å²) in [7, 11) is 0. The Kier molecular flexibility index (Phi) is 3.66. The van der Waals surface area contributed by atoms with E-state index in [2.05, 4.69) is 4.99 Å². The van der Waals surface area contributed by atoms with Crippen molar-refractivity contribution in [2.45, 2.75) is 6.92 Å². The van der Waals surface area contributed by atoms with Gasteiger partial charge in [-0.3, -0.25) is 9.69 Å². The Morgan fingerprint density at radius 2 is 2.11 bits per heavy atom. The lowest BCUT2D eigenvalue weighted by Gasteiger charge is -2.12. The minimum Gasteiger partial charge on any atom is -0.545 e. The largest absolute Gasteiger partial charge is 0.545 e. The lowest BCUT2D eigenvalue weighted by atomic mass is 10.2. The Labute approximate surface area is 109 Å². The number of thioether (sulfide) groups is 1. The fraction of sp³-hybridized carbons (Fsp3) is 0.250. The summed E-state index contributed by atoms with van der Waals surface area (Å²) in [5.74, 6) is -0.758. The number of carboxylic acids is 1. The van der Waals surface area contributed by atoms with Gasteiger partial charge in [0.15, 0.2) is 5.17 Å². The molecular formula is C12H11N2O3S-. The fourth-order valence-electron chi connectivity index (χ4n) is 1.58. The van der Waals surface area contributed by atoms with E-state index in [1.54, 1.807) is 17.0 Å². The molecule has 0 spiro atoms. The van der Waals surface area contributed by atoms with Crippen LogP contribution in [0.5, 0.6) is 0 Å². The summed E-state index contributed by atoms with van der Waals surface area (Å²) in [5.41, 5.74) is 0.733. The van der Waals surface area contributed by atoms with Crippen molar-refractivity contribution in [1.29, 1.82) is 0 Å². The average molecular weight is 263 g/mol. The standard InChI is InChI=1S/C12H12N2O3S/c1-2-14-10(15)7-18-12(14)13-9-5-3-8(4-6-9)11(16)17/h3-6H,2,7H2,1H3,(H,16,17)/p-1. The van der Waals surface area contributed by atoms with Gasteiger partial charge in [-0.1, -0.05) is 23.9 Å². The summed E-state index contributed by atoms with van der Waals surface area (Å²) < 4.78 is 0. The van der Waals surface area contributed by atoms with E-state index < -0.39 is 5.97 Å². The molecule has 0 atom stereocenters. The van der Waals surface area contributed by atoms with Crippen LogP contribution < -0.4 is 5.11 Å². The number of carboxylic acid groups (broad SMARTS) is 1. The molecule has 1 aromatic rings. The number of nitrogens with zero attached hydrogens (tertiary/aromatic N) is 2. The molecule has 0 aromatic heterocycles. The van der Waals surface area contributed by atoms with Crippen LogP contribution in [0.4, 0.5) is 5.69 Å². The van der Waals surface area contributed by atoms with Crippen molar-refractivity contribution in [3.8, 4) is 0 Å². The second-order valence-corrected chi connectivity index (χ2v) is 4.60. The molecule has 94 valence electrons. The van der Waals surface area contributed by atoms with Gasteiger partial charge in [-0.2, -0.15) is 0 Å². The van der Waals surface area contributed by atoms with Crippen LogP contribution >= 0.6 is 11.8 Å². The molecule has 1 aromatic carbocycles. The van der Waals surface area contributed by atoms with Crippen molar-refractivity contribution in [3.05, 3.63) is 29.8 Å². The molecular weight excluding hydrogens is 252 g/mol. The Balaban J connectivity index is 2.22. The van der Waals surface area contributed by atoms with Crippen LogP contribution in [0.15, 0.2) is 29.3 Å². The number of hydrogen-bond acceptors (Lipinski definition) is 5. The molecule has 18 heavy (non-hydrogen) atoms. The summed E-state index contributed by atoms with van der Waals surface area (Å²) in [5, 5.41) is 11.3. The molecule has 5 nitrogen and oxygen atoms in total. The number of carbonyl (C=O) groups excluding carboxylic acids is 2. The van der Waals surface area contributed by atoms with E-state index in [0.717, 1.165) is 0 Å². The maximum absolute atomic E-state index is 11.5. The second-order valence-electron chi connectivity index (χ2n) is 3.66. The maximum atomic E-state index is 11.5. The van der Waals surface area contributed by atoms with Crippen LogP contribution in [-0.2, 0) is 4.79 Å². The molecule has 0 bridgehead atoms. The highest BCUT2D eigenvalue weighted by molar-refractivity contribution is 8.15. The highest BCUT2D eigenvalue weighted by atomic mass is 32.2. The SMILES string of the molecule is CCN1C(=O)CSC1=Nc1ccc(C(=O)[O-])cc1. The van der Waals surface area contributed by atoms with Gasteiger partial charge in [0.2, 0.25) is 5.91 Å². The third-order valence-electron chi connectivity index (χ3n) is 2.50. The monoisotopic (exact) mass is 263 g/mol. The number of rotatable bonds is 3. The number of carbonyl (C=O) groups is 2.